The van der Waals surface area contributed by atoms with Gasteiger partial charge in [0.1, 0.15) is 23.4 Å². The first-order valence-electron chi connectivity index (χ1n) is 10.9. The van der Waals surface area contributed by atoms with E-state index in [1.807, 2.05) is 0 Å². The van der Waals surface area contributed by atoms with Crippen LogP contribution in [0.25, 0.3) is 11.3 Å². The molecule has 0 saturated carbocycles. The molecule has 1 fully saturated rings. The van der Waals surface area contributed by atoms with Crippen LogP contribution < -0.4 is 10.1 Å². The van der Waals surface area contributed by atoms with Crippen LogP contribution >= 0.6 is 0 Å². The Hall–Kier alpha value is -3.89. The van der Waals surface area contributed by atoms with Gasteiger partial charge in [0.25, 0.3) is 5.91 Å². The highest BCUT2D eigenvalue weighted by Crippen LogP contribution is 2.32. The van der Waals surface area contributed by atoms with E-state index in [1.165, 1.54) is 36.4 Å². The van der Waals surface area contributed by atoms with E-state index in [0.29, 0.717) is 37.2 Å². The molecule has 2 heterocycles. The molecule has 3 aromatic rings. The number of aromatic nitrogens is 2. The average molecular weight is 490 g/mol. The Bertz CT molecular complexity index is 1200. The number of halogens is 4. The number of alkyl halides is 3. The number of benzene rings is 2. The van der Waals surface area contributed by atoms with Crippen LogP contribution in [0.2, 0.25) is 0 Å². The first kappa shape index (κ1) is 24.2. The number of nitrogens with one attached hydrogen (secondary N) is 2. The summed E-state index contributed by atoms with van der Waals surface area (Å²) in [7, 11) is 0. The summed E-state index contributed by atoms with van der Waals surface area (Å²) >= 11 is 0. The second-order valence-electron chi connectivity index (χ2n) is 8.08. The van der Waals surface area contributed by atoms with Crippen molar-refractivity contribution in [3.8, 4) is 17.0 Å². The molecule has 7 nitrogen and oxygen atoms in total. The number of hydrogen-bond acceptors (Lipinski definition) is 4. The number of carbonyl (C=O) groups is 2. The Balaban J connectivity index is 1.24. The SMILES string of the molecule is O=C(NCC(=O)N1CCC(Oc2cccc(C(F)(F)F)c2)CC1)c1cc(-c2cccc(F)c2)n[nH]1. The van der Waals surface area contributed by atoms with Crippen molar-refractivity contribution in [3.63, 3.8) is 0 Å². The maximum absolute atomic E-state index is 13.4. The third-order valence-corrected chi connectivity index (χ3v) is 5.60. The van der Waals surface area contributed by atoms with Crippen molar-refractivity contribution in [1.82, 2.24) is 20.4 Å². The molecule has 2 aromatic carbocycles. The Labute approximate surface area is 198 Å². The number of likely N-dealkylation sites (tertiary alicyclic amines) is 1. The quantitative estimate of drug-likeness (QED) is 0.511. The molecule has 35 heavy (non-hydrogen) atoms. The first-order valence-corrected chi connectivity index (χ1v) is 10.9. The van der Waals surface area contributed by atoms with Gasteiger partial charge in [-0.05, 0) is 36.4 Å². The van der Waals surface area contributed by atoms with Crippen molar-refractivity contribution in [2.45, 2.75) is 25.1 Å². The van der Waals surface area contributed by atoms with Crippen molar-refractivity contribution in [3.05, 3.63) is 71.7 Å². The number of piperidine rings is 1. The van der Waals surface area contributed by atoms with E-state index in [2.05, 4.69) is 15.5 Å². The number of hydrogen-bond donors (Lipinski definition) is 2. The van der Waals surface area contributed by atoms with Gasteiger partial charge in [0.2, 0.25) is 5.91 Å². The minimum Gasteiger partial charge on any atom is -0.490 e. The van der Waals surface area contributed by atoms with Gasteiger partial charge in [0.15, 0.2) is 0 Å². The van der Waals surface area contributed by atoms with Crippen molar-refractivity contribution in [1.29, 1.82) is 0 Å². The molecule has 0 aliphatic carbocycles. The number of H-pyrrole nitrogens is 1. The van der Waals surface area contributed by atoms with Gasteiger partial charge < -0.3 is 15.0 Å². The summed E-state index contributed by atoms with van der Waals surface area (Å²) in [4.78, 5) is 26.4. The van der Waals surface area contributed by atoms with E-state index >= 15 is 0 Å². The molecule has 184 valence electrons. The number of aromatic amines is 1. The lowest BCUT2D eigenvalue weighted by molar-refractivity contribution is -0.138. The molecule has 1 aliphatic rings. The highest BCUT2D eigenvalue weighted by molar-refractivity contribution is 5.95. The van der Waals surface area contributed by atoms with Crippen molar-refractivity contribution < 1.29 is 31.9 Å². The number of nitrogens with zero attached hydrogens (tertiary/aromatic N) is 2. The molecule has 0 radical (unpaired) electrons. The Morgan fingerprint density at radius 1 is 1.09 bits per heavy atom. The molecular weight excluding hydrogens is 468 g/mol. The minimum absolute atomic E-state index is 0.130. The lowest BCUT2D eigenvalue weighted by atomic mass is 10.1. The lowest BCUT2D eigenvalue weighted by Crippen LogP contribution is -2.46. The molecule has 0 spiro atoms. The first-order chi connectivity index (χ1) is 16.7. The maximum Gasteiger partial charge on any atom is 0.416 e. The molecule has 2 N–H and O–H groups in total. The van der Waals surface area contributed by atoms with Crippen molar-refractivity contribution >= 4 is 11.8 Å². The number of ether oxygens (including phenoxy) is 1. The van der Waals surface area contributed by atoms with Gasteiger partial charge >= 0.3 is 6.18 Å². The molecule has 1 aliphatic heterocycles. The molecule has 4 rings (SSSR count). The normalized spacial score (nSPS) is 14.6. The fourth-order valence-corrected chi connectivity index (χ4v) is 3.76. The van der Waals surface area contributed by atoms with E-state index in [-0.39, 0.29) is 30.0 Å². The van der Waals surface area contributed by atoms with Gasteiger partial charge in [-0.1, -0.05) is 18.2 Å². The van der Waals surface area contributed by atoms with Crippen LogP contribution in [-0.2, 0) is 11.0 Å². The van der Waals surface area contributed by atoms with Crippen molar-refractivity contribution in [2.75, 3.05) is 19.6 Å². The van der Waals surface area contributed by atoms with Gasteiger partial charge in [-0.3, -0.25) is 14.7 Å². The lowest BCUT2D eigenvalue weighted by Gasteiger charge is -2.32. The Morgan fingerprint density at radius 2 is 1.83 bits per heavy atom. The van der Waals surface area contributed by atoms with E-state index in [9.17, 15) is 27.2 Å². The van der Waals surface area contributed by atoms with Crippen LogP contribution in [0.3, 0.4) is 0 Å². The largest absolute Gasteiger partial charge is 0.490 e. The van der Waals surface area contributed by atoms with Gasteiger partial charge in [0.05, 0.1) is 17.8 Å². The standard InChI is InChI=1S/C24H22F4N4O3/c25-17-5-1-3-15(11-17)20-13-21(31-30-20)23(34)29-14-22(33)32-9-7-18(8-10-32)35-19-6-2-4-16(12-19)24(26,27)28/h1-6,11-13,18H,7-10,14H2,(H,29,34)(H,30,31). The molecular formula is C24H22F4N4O3. The minimum atomic E-state index is -4.45. The number of rotatable bonds is 6. The second-order valence-corrected chi connectivity index (χ2v) is 8.08. The fourth-order valence-electron chi connectivity index (χ4n) is 3.76. The zero-order chi connectivity index (χ0) is 25.0. The molecule has 0 unspecified atom stereocenters. The summed E-state index contributed by atoms with van der Waals surface area (Å²) in [5.74, 6) is -1.11. The maximum atomic E-state index is 13.4. The summed E-state index contributed by atoms with van der Waals surface area (Å²) < 4.78 is 57.7. The predicted molar refractivity (Wildman–Crippen MR) is 118 cm³/mol. The second kappa shape index (κ2) is 10.2. The molecule has 1 saturated heterocycles. The molecule has 11 heteroatoms. The highest BCUT2D eigenvalue weighted by Gasteiger charge is 2.31. The monoisotopic (exact) mass is 490 g/mol. The zero-order valence-electron chi connectivity index (χ0n) is 18.4. The van der Waals surface area contributed by atoms with Crippen LogP contribution in [0.15, 0.2) is 54.6 Å². The summed E-state index contributed by atoms with van der Waals surface area (Å²) in [5.41, 5.74) is 0.249. The molecule has 0 atom stereocenters. The van der Waals surface area contributed by atoms with Crippen LogP contribution in [0.1, 0.15) is 28.9 Å². The van der Waals surface area contributed by atoms with Gasteiger partial charge in [-0.15, -0.1) is 0 Å². The zero-order valence-corrected chi connectivity index (χ0v) is 18.4. The predicted octanol–water partition coefficient (Wildman–Crippen LogP) is 4.03. The van der Waals surface area contributed by atoms with E-state index in [0.717, 1.165) is 12.1 Å². The topological polar surface area (TPSA) is 87.3 Å². The van der Waals surface area contributed by atoms with E-state index in [4.69, 9.17) is 4.74 Å². The van der Waals surface area contributed by atoms with E-state index < -0.39 is 23.5 Å². The van der Waals surface area contributed by atoms with Crippen molar-refractivity contribution in [2.24, 2.45) is 0 Å². The Kier molecular flexibility index (Phi) is 7.04. The summed E-state index contributed by atoms with van der Waals surface area (Å²) in [6.45, 7) is 0.477. The van der Waals surface area contributed by atoms with E-state index in [1.54, 1.807) is 11.0 Å². The molecule has 1 aromatic heterocycles. The smallest absolute Gasteiger partial charge is 0.416 e. The van der Waals surface area contributed by atoms with Gasteiger partial charge in [-0.2, -0.15) is 18.3 Å². The molecule has 2 amide bonds. The van der Waals surface area contributed by atoms with Crippen LogP contribution in [0.4, 0.5) is 17.6 Å². The highest BCUT2D eigenvalue weighted by atomic mass is 19.4. The van der Waals surface area contributed by atoms with Crippen LogP contribution in [0.5, 0.6) is 5.75 Å². The summed E-state index contributed by atoms with van der Waals surface area (Å²) in [5, 5.41) is 9.11. The van der Waals surface area contributed by atoms with Crippen LogP contribution in [-0.4, -0.2) is 52.6 Å². The average Bonchev–Trinajstić information content (AvgIpc) is 3.33. The Morgan fingerprint density at radius 3 is 2.54 bits per heavy atom. The summed E-state index contributed by atoms with van der Waals surface area (Å²) in [6, 6.07) is 12.0. The number of amides is 2. The number of carbonyl (C=O) groups excluding carboxylic acids is 2. The van der Waals surface area contributed by atoms with Gasteiger partial charge in [0, 0.05) is 31.5 Å². The van der Waals surface area contributed by atoms with Gasteiger partial charge in [-0.25, -0.2) is 4.39 Å². The van der Waals surface area contributed by atoms with Crippen LogP contribution in [0, 0.1) is 5.82 Å². The third kappa shape index (κ3) is 6.17. The third-order valence-electron chi connectivity index (χ3n) is 5.60. The summed E-state index contributed by atoms with van der Waals surface area (Å²) in [6.07, 6.45) is -3.86. The molecule has 0 bridgehead atoms. The fraction of sp³-hybridized carbons (Fsp3) is 0.292.